The zero-order valence-corrected chi connectivity index (χ0v) is 12.0. The molecule has 3 heteroatoms. The van der Waals surface area contributed by atoms with Gasteiger partial charge in [-0.1, -0.05) is 60.6 Å². The van der Waals surface area contributed by atoms with Crippen LogP contribution in [0.5, 0.6) is 0 Å². The van der Waals surface area contributed by atoms with Crippen molar-refractivity contribution in [3.05, 3.63) is 41.6 Å². The van der Waals surface area contributed by atoms with E-state index < -0.39 is 0 Å². The smallest absolute Gasteiger partial charge is 0.343 e. The Labute approximate surface area is 125 Å². The summed E-state index contributed by atoms with van der Waals surface area (Å²) < 4.78 is 10.2. The molecule has 0 bridgehead atoms. The third-order valence-corrected chi connectivity index (χ3v) is 2.40. The lowest BCUT2D eigenvalue weighted by Crippen LogP contribution is -1.91. The minimum absolute atomic E-state index is 0. The number of hydrogen-bond donors (Lipinski definition) is 0. The molecule has 1 aromatic carbocycles. The van der Waals surface area contributed by atoms with Crippen LogP contribution in [0.2, 0.25) is 6.82 Å². The van der Waals surface area contributed by atoms with Gasteiger partial charge in [-0.25, -0.2) is 0 Å². The third kappa shape index (κ3) is 7.27. The molecule has 0 saturated carbocycles. The molecule has 0 unspecified atom stereocenters. The monoisotopic (exact) mass is 278 g/mol. The van der Waals surface area contributed by atoms with Crippen LogP contribution in [0.3, 0.4) is 0 Å². The Kier molecular flexibility index (Phi) is 16.6. The molecule has 2 rings (SSSR count). The molecule has 1 nitrogen and oxygen atoms in total. The fourth-order valence-corrected chi connectivity index (χ4v) is 1.61. The quantitative estimate of drug-likeness (QED) is 0.580. The molecule has 2 aromatic rings. The topological polar surface area (TPSA) is 12.9 Å². The summed E-state index contributed by atoms with van der Waals surface area (Å²) in [4.78, 5) is 4.55. The van der Waals surface area contributed by atoms with Gasteiger partial charge in [-0.15, -0.1) is 0 Å². The SMILES string of the molecule is C.C.CC.CCc1cc2ccccc2nc1C.C[B]F. The van der Waals surface area contributed by atoms with Crippen molar-refractivity contribution in [2.45, 2.75) is 55.8 Å². The second kappa shape index (κ2) is 14.0. The van der Waals surface area contributed by atoms with E-state index in [1.54, 1.807) is 0 Å². The fraction of sp³-hybridized carbons (Fsp3) is 0.471. The number of benzene rings is 1. The number of aromatic nitrogens is 1. The van der Waals surface area contributed by atoms with Crippen molar-refractivity contribution in [3.8, 4) is 0 Å². The first-order valence-electron chi connectivity index (χ1n) is 6.46. The molecule has 0 fully saturated rings. The van der Waals surface area contributed by atoms with Crippen LogP contribution in [0, 0.1) is 6.92 Å². The summed E-state index contributed by atoms with van der Waals surface area (Å²) in [5, 5.41) is 1.24. The summed E-state index contributed by atoms with van der Waals surface area (Å²) in [6.45, 7) is 9.57. The van der Waals surface area contributed by atoms with E-state index in [0.717, 1.165) is 17.6 Å². The van der Waals surface area contributed by atoms with Crippen LogP contribution >= 0.6 is 0 Å². The standard InChI is InChI=1S/C12H13N.C2H6.CH3BF.2CH4/c1-3-10-8-11-6-4-5-7-12(11)13-9(10)2;1-2;1-2-3;;/h4-8H,3H2,1-2H3;1-2H3;1H3;2*1H4. The van der Waals surface area contributed by atoms with Gasteiger partial charge in [0.2, 0.25) is 0 Å². The summed E-state index contributed by atoms with van der Waals surface area (Å²) in [6, 6.07) is 10.5. The van der Waals surface area contributed by atoms with E-state index in [2.05, 4.69) is 43.1 Å². The zero-order valence-electron chi connectivity index (χ0n) is 12.0. The molecule has 20 heavy (non-hydrogen) atoms. The molecular formula is C17H30BFN. The van der Waals surface area contributed by atoms with Gasteiger partial charge in [-0.3, -0.25) is 4.98 Å². The van der Waals surface area contributed by atoms with Crippen LogP contribution in [0.4, 0.5) is 4.32 Å². The van der Waals surface area contributed by atoms with Crippen molar-refractivity contribution in [1.29, 1.82) is 0 Å². The first kappa shape index (κ1) is 23.7. The van der Waals surface area contributed by atoms with E-state index in [1.807, 2.05) is 19.9 Å². The Hall–Kier alpha value is -1.38. The maximum atomic E-state index is 10.2. The Bertz CT molecular complexity index is 458. The summed E-state index contributed by atoms with van der Waals surface area (Å²) in [6.07, 6.45) is 1.06. The van der Waals surface area contributed by atoms with Gasteiger partial charge < -0.3 is 4.32 Å². The number of para-hydroxylation sites is 1. The highest BCUT2D eigenvalue weighted by Gasteiger charge is 1.99. The molecule has 0 atom stereocenters. The van der Waals surface area contributed by atoms with Gasteiger partial charge in [0.15, 0.2) is 0 Å². The van der Waals surface area contributed by atoms with E-state index in [0.29, 0.717) is 7.56 Å². The largest absolute Gasteiger partial charge is 0.351 e. The molecule has 1 aromatic heterocycles. The average Bonchev–Trinajstić information content (AvgIpc) is 2.41. The van der Waals surface area contributed by atoms with Gasteiger partial charge >= 0.3 is 7.56 Å². The normalized spacial score (nSPS) is 7.90. The second-order valence-electron chi connectivity index (χ2n) is 3.50. The zero-order chi connectivity index (χ0) is 14.0. The highest BCUT2D eigenvalue weighted by atomic mass is 19.1. The van der Waals surface area contributed by atoms with Gasteiger partial charge in [0.05, 0.1) is 5.52 Å². The summed E-state index contributed by atoms with van der Waals surface area (Å²) in [5.74, 6) is 0. The van der Waals surface area contributed by atoms with E-state index in [4.69, 9.17) is 0 Å². The number of pyridine rings is 1. The van der Waals surface area contributed by atoms with Gasteiger partial charge in [-0.2, -0.15) is 0 Å². The first-order chi connectivity index (χ1) is 8.72. The third-order valence-electron chi connectivity index (χ3n) is 2.40. The first-order valence-corrected chi connectivity index (χ1v) is 6.46. The number of aryl methyl sites for hydroxylation is 2. The maximum absolute atomic E-state index is 10.2. The van der Waals surface area contributed by atoms with E-state index in [-0.39, 0.29) is 14.9 Å². The molecule has 1 radical (unpaired) electrons. The number of halogens is 1. The van der Waals surface area contributed by atoms with Crippen LogP contribution in [0.1, 0.15) is 46.9 Å². The van der Waals surface area contributed by atoms with Gasteiger partial charge in [0, 0.05) is 11.1 Å². The molecule has 0 aliphatic heterocycles. The van der Waals surface area contributed by atoms with E-state index in [9.17, 15) is 4.32 Å². The molecule has 0 aliphatic rings. The Morgan fingerprint density at radius 2 is 1.65 bits per heavy atom. The summed E-state index contributed by atoms with van der Waals surface area (Å²) >= 11 is 0. The maximum Gasteiger partial charge on any atom is 0.351 e. The van der Waals surface area contributed by atoms with Crippen LogP contribution in [-0.4, -0.2) is 12.5 Å². The molecule has 113 valence electrons. The molecule has 1 heterocycles. The lowest BCUT2D eigenvalue weighted by atomic mass is 10.1. The highest BCUT2D eigenvalue weighted by Crippen LogP contribution is 2.16. The summed E-state index contributed by atoms with van der Waals surface area (Å²) in [5.41, 5.74) is 3.59. The molecule has 0 amide bonds. The van der Waals surface area contributed by atoms with Crippen molar-refractivity contribution in [2.24, 2.45) is 0 Å². The van der Waals surface area contributed by atoms with E-state index >= 15 is 0 Å². The second-order valence-corrected chi connectivity index (χ2v) is 3.50. The molecule has 0 N–H and O–H groups in total. The van der Waals surface area contributed by atoms with Crippen LogP contribution < -0.4 is 0 Å². The van der Waals surface area contributed by atoms with Crippen molar-refractivity contribution >= 4 is 18.5 Å². The molecule has 0 spiro atoms. The highest BCUT2D eigenvalue weighted by molar-refractivity contribution is 6.23. The van der Waals surface area contributed by atoms with Crippen molar-refractivity contribution in [3.63, 3.8) is 0 Å². The number of rotatable bonds is 1. The minimum atomic E-state index is 0. The van der Waals surface area contributed by atoms with Gasteiger partial charge in [0.25, 0.3) is 0 Å². The number of hydrogen-bond acceptors (Lipinski definition) is 1. The number of nitrogens with zero attached hydrogens (tertiary/aromatic N) is 1. The van der Waals surface area contributed by atoms with Crippen molar-refractivity contribution in [1.82, 2.24) is 4.98 Å². The Morgan fingerprint density at radius 1 is 1.15 bits per heavy atom. The lowest BCUT2D eigenvalue weighted by molar-refractivity contribution is 0.877. The molecule has 0 aliphatic carbocycles. The predicted molar refractivity (Wildman–Crippen MR) is 93.4 cm³/mol. The van der Waals surface area contributed by atoms with Crippen molar-refractivity contribution in [2.75, 3.05) is 0 Å². The van der Waals surface area contributed by atoms with E-state index in [1.165, 1.54) is 17.8 Å². The van der Waals surface area contributed by atoms with Crippen LogP contribution in [0.15, 0.2) is 30.3 Å². The lowest BCUT2D eigenvalue weighted by Gasteiger charge is -2.04. The van der Waals surface area contributed by atoms with Crippen LogP contribution in [0.25, 0.3) is 10.9 Å². The molecule has 0 saturated heterocycles. The predicted octanol–water partition coefficient (Wildman–Crippen LogP) is 6.03. The fourth-order valence-electron chi connectivity index (χ4n) is 1.61. The van der Waals surface area contributed by atoms with Gasteiger partial charge in [-0.05, 0) is 31.0 Å². The number of fused-ring (bicyclic) bond motifs is 1. The van der Waals surface area contributed by atoms with Crippen molar-refractivity contribution < 1.29 is 4.32 Å². The van der Waals surface area contributed by atoms with Crippen LogP contribution in [-0.2, 0) is 6.42 Å². The average molecular weight is 278 g/mol. The molecular weight excluding hydrogens is 248 g/mol. The Balaban J connectivity index is -0.000000369. The minimum Gasteiger partial charge on any atom is -0.343 e. The Morgan fingerprint density at radius 3 is 2.15 bits per heavy atom. The summed E-state index contributed by atoms with van der Waals surface area (Å²) in [7, 11) is 0.500. The van der Waals surface area contributed by atoms with Gasteiger partial charge in [0.1, 0.15) is 0 Å².